The first-order chi connectivity index (χ1) is 13.1. The molecule has 0 unspecified atom stereocenters. The third-order valence-corrected chi connectivity index (χ3v) is 4.68. The van der Waals surface area contributed by atoms with Crippen LogP contribution in [0.15, 0.2) is 67.0 Å². The number of nitrogens with zero attached hydrogens (tertiary/aromatic N) is 2. The molecule has 1 heterocycles. The molecule has 0 radical (unpaired) electrons. The van der Waals surface area contributed by atoms with Crippen LogP contribution in [0.2, 0.25) is 15.1 Å². The molecule has 4 nitrogen and oxygen atoms in total. The van der Waals surface area contributed by atoms with Crippen molar-refractivity contribution < 1.29 is 4.74 Å². The molecule has 0 spiro atoms. The zero-order valence-corrected chi connectivity index (χ0v) is 16.1. The summed E-state index contributed by atoms with van der Waals surface area (Å²) in [5, 5.41) is 5.57. The van der Waals surface area contributed by atoms with Crippen molar-refractivity contribution >= 4 is 57.2 Å². The molecule has 0 amide bonds. The molecule has 0 aliphatic rings. The van der Waals surface area contributed by atoms with E-state index in [1.807, 2.05) is 30.3 Å². The normalized spacial score (nSPS) is 10.8. The Morgan fingerprint density at radius 3 is 2.30 bits per heavy atom. The maximum absolute atomic E-state index is 6.38. The van der Waals surface area contributed by atoms with Crippen LogP contribution in [-0.2, 0) is 0 Å². The zero-order valence-electron chi connectivity index (χ0n) is 13.8. The molecule has 27 heavy (non-hydrogen) atoms. The molecule has 0 atom stereocenters. The molecule has 7 heteroatoms. The van der Waals surface area contributed by atoms with Crippen molar-refractivity contribution in [3.8, 4) is 11.5 Å². The highest BCUT2D eigenvalue weighted by Gasteiger charge is 2.09. The lowest BCUT2D eigenvalue weighted by Gasteiger charge is -2.12. The van der Waals surface area contributed by atoms with Crippen LogP contribution in [-0.4, -0.2) is 9.97 Å². The molecule has 1 N–H and O–H groups in total. The fraction of sp³-hybridized carbons (Fsp3) is 0. The van der Waals surface area contributed by atoms with E-state index in [1.165, 1.54) is 6.33 Å². The van der Waals surface area contributed by atoms with Crippen molar-refractivity contribution in [2.24, 2.45) is 0 Å². The number of rotatable bonds is 4. The van der Waals surface area contributed by atoms with Crippen molar-refractivity contribution in [1.29, 1.82) is 0 Å². The summed E-state index contributed by atoms with van der Waals surface area (Å²) in [6.45, 7) is 0. The Morgan fingerprint density at radius 1 is 0.778 bits per heavy atom. The molecule has 3 aromatic carbocycles. The van der Waals surface area contributed by atoms with E-state index in [4.69, 9.17) is 39.5 Å². The quantitative estimate of drug-likeness (QED) is 0.384. The van der Waals surface area contributed by atoms with Gasteiger partial charge in [-0.2, -0.15) is 0 Å². The van der Waals surface area contributed by atoms with Gasteiger partial charge in [0.2, 0.25) is 0 Å². The highest BCUT2D eigenvalue weighted by atomic mass is 35.5. The monoisotopic (exact) mass is 415 g/mol. The molecule has 1 aromatic heterocycles. The first kappa shape index (κ1) is 17.9. The summed E-state index contributed by atoms with van der Waals surface area (Å²) in [5.74, 6) is 1.66. The van der Waals surface area contributed by atoms with Gasteiger partial charge < -0.3 is 10.1 Å². The maximum Gasteiger partial charge on any atom is 0.146 e. The second-order valence-electron chi connectivity index (χ2n) is 5.69. The number of ether oxygens (including phenoxy) is 1. The van der Waals surface area contributed by atoms with Gasteiger partial charge in [-0.25, -0.2) is 9.97 Å². The predicted molar refractivity (Wildman–Crippen MR) is 111 cm³/mol. The van der Waals surface area contributed by atoms with E-state index in [0.29, 0.717) is 32.4 Å². The molecule has 0 fully saturated rings. The Labute approximate surface area is 170 Å². The standard InChI is InChI=1S/C20H12Cl3N3O/c21-12-5-7-18(15(22)9-12)27-19-8-6-13(10-16(19)23)26-20-14-3-1-2-4-17(14)24-11-25-20/h1-11H,(H,24,25,26). The van der Waals surface area contributed by atoms with Gasteiger partial charge in [0, 0.05) is 16.1 Å². The number of halogens is 3. The van der Waals surface area contributed by atoms with Gasteiger partial charge in [-0.05, 0) is 48.5 Å². The Morgan fingerprint density at radius 2 is 1.52 bits per heavy atom. The van der Waals surface area contributed by atoms with Gasteiger partial charge in [-0.15, -0.1) is 0 Å². The van der Waals surface area contributed by atoms with Crippen molar-refractivity contribution in [1.82, 2.24) is 9.97 Å². The molecule has 134 valence electrons. The van der Waals surface area contributed by atoms with Gasteiger partial charge in [0.05, 0.1) is 15.6 Å². The molecule has 4 aromatic rings. The van der Waals surface area contributed by atoms with Gasteiger partial charge in [0.1, 0.15) is 23.6 Å². The van der Waals surface area contributed by atoms with Gasteiger partial charge in [0.25, 0.3) is 0 Å². The lowest BCUT2D eigenvalue weighted by molar-refractivity contribution is 0.483. The van der Waals surface area contributed by atoms with E-state index in [1.54, 1.807) is 30.3 Å². The number of hydrogen-bond acceptors (Lipinski definition) is 4. The fourth-order valence-corrected chi connectivity index (χ4v) is 3.25. The number of nitrogens with one attached hydrogen (secondary N) is 1. The van der Waals surface area contributed by atoms with Crippen LogP contribution >= 0.6 is 34.8 Å². The van der Waals surface area contributed by atoms with Crippen molar-refractivity contribution in [3.63, 3.8) is 0 Å². The van der Waals surface area contributed by atoms with Crippen molar-refractivity contribution in [2.75, 3.05) is 5.32 Å². The van der Waals surface area contributed by atoms with Crippen LogP contribution in [0.1, 0.15) is 0 Å². The lowest BCUT2D eigenvalue weighted by atomic mass is 10.2. The Balaban J connectivity index is 1.60. The van der Waals surface area contributed by atoms with Crippen LogP contribution in [0, 0.1) is 0 Å². The summed E-state index contributed by atoms with van der Waals surface area (Å²) in [6.07, 6.45) is 1.52. The van der Waals surface area contributed by atoms with E-state index in [9.17, 15) is 0 Å². The smallest absolute Gasteiger partial charge is 0.146 e. The van der Waals surface area contributed by atoms with E-state index >= 15 is 0 Å². The van der Waals surface area contributed by atoms with Gasteiger partial charge >= 0.3 is 0 Å². The van der Waals surface area contributed by atoms with Crippen LogP contribution in [0.25, 0.3) is 10.9 Å². The second-order valence-corrected chi connectivity index (χ2v) is 6.94. The largest absolute Gasteiger partial charge is 0.454 e. The second kappa shape index (κ2) is 7.61. The molecule has 0 saturated heterocycles. The van der Waals surface area contributed by atoms with Crippen LogP contribution < -0.4 is 10.1 Å². The highest BCUT2D eigenvalue weighted by Crippen LogP contribution is 2.36. The number of aromatic nitrogens is 2. The number of benzene rings is 3. The molecular weight excluding hydrogens is 405 g/mol. The minimum Gasteiger partial charge on any atom is -0.454 e. The van der Waals surface area contributed by atoms with E-state index < -0.39 is 0 Å². The Hall–Kier alpha value is -2.53. The maximum atomic E-state index is 6.38. The topological polar surface area (TPSA) is 47.0 Å². The first-order valence-electron chi connectivity index (χ1n) is 7.99. The van der Waals surface area contributed by atoms with Crippen LogP contribution in [0.3, 0.4) is 0 Å². The van der Waals surface area contributed by atoms with Crippen LogP contribution in [0.5, 0.6) is 11.5 Å². The predicted octanol–water partition coefficient (Wildman–Crippen LogP) is 7.13. The number of anilines is 2. The summed E-state index contributed by atoms with van der Waals surface area (Å²) in [7, 11) is 0. The van der Waals surface area contributed by atoms with Gasteiger partial charge in [-0.1, -0.05) is 46.9 Å². The molecule has 0 aliphatic heterocycles. The number of para-hydroxylation sites is 1. The van der Waals surface area contributed by atoms with E-state index in [-0.39, 0.29) is 0 Å². The summed E-state index contributed by atoms with van der Waals surface area (Å²) in [5.41, 5.74) is 1.64. The highest BCUT2D eigenvalue weighted by molar-refractivity contribution is 6.35. The molecule has 0 saturated carbocycles. The molecular formula is C20H12Cl3N3O. The molecule has 4 rings (SSSR count). The average Bonchev–Trinajstić information content (AvgIpc) is 2.66. The van der Waals surface area contributed by atoms with E-state index in [0.717, 1.165) is 16.6 Å². The third-order valence-electron chi connectivity index (χ3n) is 3.85. The Kier molecular flexibility index (Phi) is 5.03. The van der Waals surface area contributed by atoms with Crippen molar-refractivity contribution in [3.05, 3.63) is 82.1 Å². The van der Waals surface area contributed by atoms with Crippen LogP contribution in [0.4, 0.5) is 11.5 Å². The zero-order chi connectivity index (χ0) is 18.8. The summed E-state index contributed by atoms with van der Waals surface area (Å²) < 4.78 is 5.79. The SMILES string of the molecule is Clc1ccc(Oc2ccc(Nc3ncnc4ccccc34)cc2Cl)c(Cl)c1. The lowest BCUT2D eigenvalue weighted by Crippen LogP contribution is -1.96. The van der Waals surface area contributed by atoms with E-state index in [2.05, 4.69) is 15.3 Å². The summed E-state index contributed by atoms with van der Waals surface area (Å²) in [6, 6.07) is 18.1. The molecule has 0 aliphatic carbocycles. The summed E-state index contributed by atoms with van der Waals surface area (Å²) >= 11 is 18.4. The minimum atomic E-state index is 0.410. The Bertz CT molecular complexity index is 1130. The summed E-state index contributed by atoms with van der Waals surface area (Å²) in [4.78, 5) is 8.57. The fourth-order valence-electron chi connectivity index (χ4n) is 2.58. The average molecular weight is 417 g/mol. The van der Waals surface area contributed by atoms with Crippen molar-refractivity contribution in [2.45, 2.75) is 0 Å². The van der Waals surface area contributed by atoms with Gasteiger partial charge in [-0.3, -0.25) is 0 Å². The minimum absolute atomic E-state index is 0.410. The molecule has 0 bridgehead atoms. The number of fused-ring (bicyclic) bond motifs is 1. The van der Waals surface area contributed by atoms with Gasteiger partial charge in [0.15, 0.2) is 0 Å². The first-order valence-corrected chi connectivity index (χ1v) is 9.13. The third kappa shape index (κ3) is 3.93. The number of hydrogen-bond donors (Lipinski definition) is 1.